The zero-order chi connectivity index (χ0) is 18.9. The van der Waals surface area contributed by atoms with Crippen molar-refractivity contribution in [2.45, 2.75) is 41.0 Å². The summed E-state index contributed by atoms with van der Waals surface area (Å²) < 4.78 is 28.6. The van der Waals surface area contributed by atoms with E-state index >= 15 is 0 Å². The third kappa shape index (κ3) is 3.76. The quantitative estimate of drug-likeness (QED) is 0.277. The molecule has 0 radical (unpaired) electrons. The minimum Gasteiger partial charge on any atom is -0.468 e. The molecule has 0 amide bonds. The molecule has 1 aliphatic carbocycles. The Bertz CT molecular complexity index is 655. The molecule has 0 aromatic heterocycles. The van der Waals surface area contributed by atoms with Crippen LogP contribution in [-0.2, 0) is 23.1 Å². The lowest BCUT2D eigenvalue weighted by Crippen LogP contribution is -2.42. The molecule has 1 saturated carbocycles. The van der Waals surface area contributed by atoms with Gasteiger partial charge in [-0.25, -0.2) is 0 Å². The molecule has 3 atom stereocenters. The first-order valence-electron chi connectivity index (χ1n) is 8.18. The van der Waals surface area contributed by atoms with Crippen LogP contribution in [0.25, 0.3) is 0 Å². The van der Waals surface area contributed by atoms with Crippen molar-refractivity contribution in [3.8, 4) is 0 Å². The Labute approximate surface area is 155 Å². The fourth-order valence-corrected chi connectivity index (χ4v) is 10.2. The molecule has 0 aliphatic heterocycles. The smallest absolute Gasteiger partial charge is 0.347 e. The van der Waals surface area contributed by atoms with Crippen LogP contribution in [0.1, 0.15) is 6.42 Å². The number of ether oxygens (including phenoxy) is 1. The van der Waals surface area contributed by atoms with Crippen molar-refractivity contribution in [3.05, 3.63) is 30.3 Å². The van der Waals surface area contributed by atoms with Gasteiger partial charge in [0.25, 0.3) is 0 Å². The largest absolute Gasteiger partial charge is 0.468 e. The van der Waals surface area contributed by atoms with Crippen molar-refractivity contribution in [1.82, 2.24) is 0 Å². The van der Waals surface area contributed by atoms with Crippen LogP contribution in [0.2, 0.25) is 19.6 Å². The highest BCUT2D eigenvalue weighted by Gasteiger charge is 2.76. The van der Waals surface area contributed by atoms with Crippen molar-refractivity contribution < 1.29 is 23.1 Å². The van der Waals surface area contributed by atoms with Crippen LogP contribution in [-0.4, -0.2) is 45.4 Å². The highest BCUT2D eigenvalue weighted by Crippen LogP contribution is 2.76. The van der Waals surface area contributed by atoms with Crippen molar-refractivity contribution in [1.29, 1.82) is 0 Å². The van der Waals surface area contributed by atoms with Crippen LogP contribution in [0.3, 0.4) is 0 Å². The number of benzene rings is 1. The monoisotopic (exact) mass is 402 g/mol. The van der Waals surface area contributed by atoms with E-state index < -0.39 is 26.8 Å². The number of thioether (sulfide) groups is 1. The SMILES string of the molecule is COC(=O)[C@@]1(P(=O)(OC)OC)C[C@H]1[C@H](Sc1ccccc1)[Si](C)(C)C. The fraction of sp³-hybridized carbons (Fsp3) is 0.588. The Balaban J connectivity index is 2.41. The van der Waals surface area contributed by atoms with Crippen molar-refractivity contribution in [2.24, 2.45) is 5.92 Å². The number of methoxy groups -OCH3 is 1. The molecule has 1 aromatic rings. The topological polar surface area (TPSA) is 61.8 Å². The molecule has 0 bridgehead atoms. The average molecular weight is 403 g/mol. The molecule has 0 N–H and O–H groups in total. The van der Waals surface area contributed by atoms with Gasteiger partial charge in [0, 0.05) is 24.0 Å². The van der Waals surface area contributed by atoms with Gasteiger partial charge < -0.3 is 13.8 Å². The maximum Gasteiger partial charge on any atom is 0.347 e. The number of rotatable bonds is 8. The van der Waals surface area contributed by atoms with E-state index in [1.165, 1.54) is 21.3 Å². The summed E-state index contributed by atoms with van der Waals surface area (Å²) in [6.45, 7) is 6.79. The summed E-state index contributed by atoms with van der Waals surface area (Å²) in [6.07, 6.45) is 0.466. The van der Waals surface area contributed by atoms with E-state index in [9.17, 15) is 9.36 Å². The molecule has 1 fully saturated rings. The number of carbonyl (C=O) groups is 1. The molecule has 0 saturated heterocycles. The van der Waals surface area contributed by atoms with E-state index in [4.69, 9.17) is 13.8 Å². The average Bonchev–Trinajstić information content (AvgIpc) is 3.35. The van der Waals surface area contributed by atoms with Crippen LogP contribution in [0.5, 0.6) is 0 Å². The second-order valence-corrected chi connectivity index (χ2v) is 16.8. The van der Waals surface area contributed by atoms with Gasteiger partial charge in [-0.1, -0.05) is 37.8 Å². The normalized spacial score (nSPS) is 24.6. The maximum absolute atomic E-state index is 13.2. The van der Waals surface area contributed by atoms with Gasteiger partial charge in [-0.2, -0.15) is 0 Å². The molecule has 1 aromatic carbocycles. The van der Waals surface area contributed by atoms with E-state index in [2.05, 4.69) is 31.8 Å². The number of hydrogen-bond acceptors (Lipinski definition) is 6. The second kappa shape index (κ2) is 7.57. The summed E-state index contributed by atoms with van der Waals surface area (Å²) in [6, 6.07) is 10.1. The third-order valence-corrected chi connectivity index (χ3v) is 13.1. The van der Waals surface area contributed by atoms with Crippen molar-refractivity contribution in [2.75, 3.05) is 21.3 Å². The van der Waals surface area contributed by atoms with Crippen molar-refractivity contribution >= 4 is 33.4 Å². The highest BCUT2D eigenvalue weighted by molar-refractivity contribution is 8.01. The predicted octanol–water partition coefficient (Wildman–Crippen LogP) is 4.44. The molecule has 0 heterocycles. The van der Waals surface area contributed by atoms with Gasteiger partial charge >= 0.3 is 13.6 Å². The minimum atomic E-state index is -3.60. The third-order valence-electron chi connectivity index (χ3n) is 4.72. The molecule has 8 heteroatoms. The Kier molecular flexibility index (Phi) is 6.27. The van der Waals surface area contributed by atoms with E-state index in [1.54, 1.807) is 11.8 Å². The molecule has 1 aliphatic rings. The van der Waals surface area contributed by atoms with Gasteiger partial charge in [0.1, 0.15) is 0 Å². The van der Waals surface area contributed by atoms with Gasteiger partial charge in [0.05, 0.1) is 15.2 Å². The van der Waals surface area contributed by atoms with Crippen LogP contribution >= 0.6 is 19.4 Å². The first kappa shape index (κ1) is 20.7. The van der Waals surface area contributed by atoms with Crippen molar-refractivity contribution in [3.63, 3.8) is 0 Å². The van der Waals surface area contributed by atoms with Crippen LogP contribution in [0, 0.1) is 5.92 Å². The minimum absolute atomic E-state index is 0.0949. The Morgan fingerprint density at radius 3 is 2.20 bits per heavy atom. The second-order valence-electron chi connectivity index (χ2n) is 7.31. The number of carbonyl (C=O) groups excluding carboxylic acids is 1. The molecule has 2 rings (SSSR count). The van der Waals surface area contributed by atoms with Crippen LogP contribution in [0.4, 0.5) is 0 Å². The summed E-state index contributed by atoms with van der Waals surface area (Å²) >= 11 is 1.76. The summed E-state index contributed by atoms with van der Waals surface area (Å²) in [7, 11) is -1.31. The summed E-state index contributed by atoms with van der Waals surface area (Å²) in [4.78, 5) is 13.9. The molecular formula is C17H27O5PSSi. The van der Waals surface area contributed by atoms with Gasteiger partial charge in [0.15, 0.2) is 5.16 Å². The Hall–Kier alpha value is -0.593. The van der Waals surface area contributed by atoms with E-state index in [0.717, 1.165) is 4.90 Å². The Morgan fingerprint density at radius 2 is 1.76 bits per heavy atom. The van der Waals surface area contributed by atoms with Gasteiger partial charge in [0.2, 0.25) is 0 Å². The van der Waals surface area contributed by atoms with Crippen LogP contribution < -0.4 is 0 Å². The summed E-state index contributed by atoms with van der Waals surface area (Å²) in [5.74, 6) is -0.594. The molecule has 0 spiro atoms. The van der Waals surface area contributed by atoms with Gasteiger partial charge in [-0.05, 0) is 24.5 Å². The summed E-state index contributed by atoms with van der Waals surface area (Å²) in [5, 5.41) is -1.20. The first-order valence-corrected chi connectivity index (χ1v) is 14.2. The predicted molar refractivity (Wildman–Crippen MR) is 104 cm³/mol. The zero-order valence-corrected chi connectivity index (χ0v) is 18.4. The molecule has 5 nitrogen and oxygen atoms in total. The lowest BCUT2D eigenvalue weighted by Gasteiger charge is -2.32. The molecule has 0 unspecified atom stereocenters. The lowest BCUT2D eigenvalue weighted by atomic mass is 10.3. The molecule has 140 valence electrons. The maximum atomic E-state index is 13.2. The molecular weight excluding hydrogens is 375 g/mol. The first-order chi connectivity index (χ1) is 11.7. The number of esters is 1. The zero-order valence-electron chi connectivity index (χ0n) is 15.6. The van der Waals surface area contributed by atoms with Gasteiger partial charge in [-0.3, -0.25) is 9.36 Å². The lowest BCUT2D eigenvalue weighted by molar-refractivity contribution is -0.141. The standard InChI is InChI=1S/C17H27O5PSSi/c1-20-16(18)17(23(19,21-2)22-3)12-14(17)15(25(4,5)6)24-13-10-8-7-9-11-13/h7-11,14-15H,12H2,1-6H3/t14-,15+,17+/m0/s1. The fourth-order valence-electron chi connectivity index (χ4n) is 3.38. The van der Waals surface area contributed by atoms with E-state index in [1.807, 2.05) is 18.2 Å². The molecule has 25 heavy (non-hydrogen) atoms. The Morgan fingerprint density at radius 1 is 1.20 bits per heavy atom. The number of hydrogen-bond donors (Lipinski definition) is 0. The van der Waals surface area contributed by atoms with Gasteiger partial charge in [-0.15, -0.1) is 11.8 Å². The van der Waals surface area contributed by atoms with Crippen LogP contribution in [0.15, 0.2) is 35.2 Å². The van der Waals surface area contributed by atoms with E-state index in [0.29, 0.717) is 6.42 Å². The summed E-state index contributed by atoms with van der Waals surface area (Å²) in [5.41, 5.74) is 0. The van der Waals surface area contributed by atoms with E-state index in [-0.39, 0.29) is 10.8 Å². The highest BCUT2D eigenvalue weighted by atomic mass is 32.2.